The van der Waals surface area contributed by atoms with E-state index in [-0.39, 0.29) is 31.8 Å². The Labute approximate surface area is 115 Å². The zero-order valence-corrected chi connectivity index (χ0v) is 15.2. The van der Waals surface area contributed by atoms with Crippen molar-refractivity contribution in [1.82, 2.24) is 0 Å². The first-order valence-corrected chi connectivity index (χ1v) is 8.81. The fourth-order valence-electron chi connectivity index (χ4n) is 0.728. The number of hydrogen-bond acceptors (Lipinski definition) is 2. The second kappa shape index (κ2) is 12.0. The van der Waals surface area contributed by atoms with Crippen molar-refractivity contribution in [3.63, 3.8) is 0 Å². The van der Waals surface area contributed by atoms with Gasteiger partial charge in [0.25, 0.3) is 0 Å². The summed E-state index contributed by atoms with van der Waals surface area (Å²) < 4.78 is 20.2. The van der Waals surface area contributed by atoms with Crippen LogP contribution in [-0.2, 0) is 28.6 Å². The van der Waals surface area contributed by atoms with Crippen molar-refractivity contribution in [2.24, 2.45) is 0 Å². The predicted molar refractivity (Wildman–Crippen MR) is 63.6 cm³/mol. The van der Waals surface area contributed by atoms with Crippen LogP contribution in [0.15, 0.2) is 0 Å². The van der Waals surface area contributed by atoms with E-state index in [9.17, 15) is 9.13 Å². The number of hydrogen-bond donors (Lipinski definition) is 4. The van der Waals surface area contributed by atoms with Crippen LogP contribution >= 0.6 is 15.2 Å². The summed E-state index contributed by atoms with van der Waals surface area (Å²) in [5, 5.41) is 0. The molecular weight excluding hydrogens is 319 g/mol. The summed E-state index contributed by atoms with van der Waals surface area (Å²) in [7, 11) is -7.36. The van der Waals surface area contributed by atoms with Crippen molar-refractivity contribution >= 4 is 15.2 Å². The molecule has 0 aliphatic heterocycles. The molecule has 0 spiro atoms. The summed E-state index contributed by atoms with van der Waals surface area (Å²) >= 11 is 0. The first kappa shape index (κ1) is 23.0. The minimum atomic E-state index is -3.68. The van der Waals surface area contributed by atoms with Crippen molar-refractivity contribution in [2.45, 2.75) is 39.5 Å². The van der Waals surface area contributed by atoms with Crippen LogP contribution in [0, 0.1) is 0 Å². The minimum Gasteiger partial charge on any atom is -0.324 e. The van der Waals surface area contributed by atoms with Gasteiger partial charge in [-0.05, 0) is 12.8 Å². The van der Waals surface area contributed by atoms with E-state index in [1.807, 2.05) is 13.8 Å². The van der Waals surface area contributed by atoms with E-state index in [1.54, 1.807) is 0 Å². The number of unbranched alkanes of at least 4 members (excludes halogenated alkanes) is 2. The van der Waals surface area contributed by atoms with E-state index in [0.29, 0.717) is 12.8 Å². The first-order chi connectivity index (χ1) is 7.12. The van der Waals surface area contributed by atoms with Gasteiger partial charge in [-0.2, -0.15) is 0 Å². The van der Waals surface area contributed by atoms with E-state index in [0.717, 1.165) is 12.8 Å². The fourth-order valence-corrected chi connectivity index (χ4v) is 2.18. The summed E-state index contributed by atoms with van der Waals surface area (Å²) in [6, 6.07) is 0. The van der Waals surface area contributed by atoms with Gasteiger partial charge < -0.3 is 19.6 Å². The standard InChI is InChI=1S/2C4H11O3P.Zn/c2*1-2-3-4-8(5,6)7;/h2*2-4H2,1H3,(H2,5,6,7);. The zero-order chi connectivity index (χ0) is 13.2. The normalized spacial score (nSPS) is 11.2. The van der Waals surface area contributed by atoms with E-state index in [2.05, 4.69) is 0 Å². The van der Waals surface area contributed by atoms with Crippen molar-refractivity contribution in [1.29, 1.82) is 0 Å². The van der Waals surface area contributed by atoms with Gasteiger partial charge in [-0.25, -0.2) is 0 Å². The smallest absolute Gasteiger partial charge is 0.324 e. The van der Waals surface area contributed by atoms with Crippen molar-refractivity contribution in [3.05, 3.63) is 0 Å². The second-order valence-corrected chi connectivity index (χ2v) is 7.04. The molecular formula is C8H22O6P2Zn. The molecule has 102 valence electrons. The van der Waals surface area contributed by atoms with Gasteiger partial charge in [-0.1, -0.05) is 26.7 Å². The van der Waals surface area contributed by atoms with Gasteiger partial charge in [0.2, 0.25) is 0 Å². The molecule has 17 heavy (non-hydrogen) atoms. The Hall–Kier alpha value is 0.923. The molecule has 0 bridgehead atoms. The van der Waals surface area contributed by atoms with Crippen molar-refractivity contribution in [3.8, 4) is 0 Å². The van der Waals surface area contributed by atoms with E-state index >= 15 is 0 Å². The van der Waals surface area contributed by atoms with Gasteiger partial charge in [0, 0.05) is 31.8 Å². The minimum absolute atomic E-state index is 0. The van der Waals surface area contributed by atoms with Gasteiger partial charge in [-0.15, -0.1) is 0 Å². The van der Waals surface area contributed by atoms with Crippen molar-refractivity contribution in [2.75, 3.05) is 12.3 Å². The molecule has 0 radical (unpaired) electrons. The van der Waals surface area contributed by atoms with Crippen LogP contribution in [-0.4, -0.2) is 31.9 Å². The maximum atomic E-state index is 10.1. The molecule has 0 aliphatic carbocycles. The Kier molecular flexibility index (Phi) is 16.2. The van der Waals surface area contributed by atoms with Crippen molar-refractivity contribution < 1.29 is 48.2 Å². The molecule has 0 heterocycles. The Bertz CT molecular complexity index is 222. The molecule has 6 nitrogen and oxygen atoms in total. The van der Waals surface area contributed by atoms with Crippen LogP contribution in [0.4, 0.5) is 0 Å². The third-order valence-corrected chi connectivity index (χ3v) is 3.40. The quantitative estimate of drug-likeness (QED) is 0.433. The van der Waals surface area contributed by atoms with Gasteiger partial charge in [0.15, 0.2) is 0 Å². The summed E-state index contributed by atoms with van der Waals surface area (Å²) in [5.41, 5.74) is 0. The van der Waals surface area contributed by atoms with Crippen LogP contribution in [0.2, 0.25) is 0 Å². The SMILES string of the molecule is CCCCP(=O)(O)O.CCCCP(=O)(O)O.[Zn]. The molecule has 0 fully saturated rings. The van der Waals surface area contributed by atoms with Crippen LogP contribution in [0.25, 0.3) is 0 Å². The van der Waals surface area contributed by atoms with Crippen LogP contribution in [0.5, 0.6) is 0 Å². The topological polar surface area (TPSA) is 115 Å². The molecule has 0 rings (SSSR count). The maximum Gasteiger partial charge on any atom is 0.325 e. The summed E-state index contributed by atoms with van der Waals surface area (Å²) in [4.78, 5) is 33.0. The molecule has 9 heteroatoms. The van der Waals surface area contributed by atoms with Crippen LogP contribution in [0.1, 0.15) is 39.5 Å². The van der Waals surface area contributed by atoms with Gasteiger partial charge in [0.05, 0.1) is 0 Å². The molecule has 0 saturated carbocycles. The van der Waals surface area contributed by atoms with Gasteiger partial charge >= 0.3 is 15.2 Å². The molecule has 0 saturated heterocycles. The summed E-state index contributed by atoms with van der Waals surface area (Å²) in [5.74, 6) is 0. The van der Waals surface area contributed by atoms with Crippen LogP contribution < -0.4 is 0 Å². The summed E-state index contributed by atoms with van der Waals surface area (Å²) in [6.45, 7) is 3.80. The second-order valence-electron chi connectivity index (χ2n) is 3.48. The van der Waals surface area contributed by atoms with Gasteiger partial charge in [0.1, 0.15) is 0 Å². The average molecular weight is 342 g/mol. The molecule has 0 aliphatic rings. The third kappa shape index (κ3) is 31.6. The number of rotatable bonds is 6. The average Bonchev–Trinajstić information content (AvgIpc) is 2.10. The van der Waals surface area contributed by atoms with E-state index in [4.69, 9.17) is 19.6 Å². The molecule has 4 N–H and O–H groups in total. The Morgan fingerprint density at radius 1 is 0.765 bits per heavy atom. The summed E-state index contributed by atoms with van der Waals surface area (Å²) in [6.07, 6.45) is 2.97. The monoisotopic (exact) mass is 340 g/mol. The van der Waals surface area contributed by atoms with E-state index in [1.165, 1.54) is 0 Å². The van der Waals surface area contributed by atoms with E-state index < -0.39 is 15.2 Å². The van der Waals surface area contributed by atoms with Gasteiger partial charge in [-0.3, -0.25) is 9.13 Å². The Balaban J connectivity index is -0.000000218. The largest absolute Gasteiger partial charge is 0.325 e. The molecule has 0 atom stereocenters. The molecule has 0 aromatic heterocycles. The maximum absolute atomic E-state index is 10.1. The Morgan fingerprint density at radius 3 is 1.06 bits per heavy atom. The molecule has 0 aromatic rings. The first-order valence-electron chi connectivity index (χ1n) is 5.21. The predicted octanol–water partition coefficient (Wildman–Crippen LogP) is 1.93. The third-order valence-electron chi connectivity index (χ3n) is 1.61. The Morgan fingerprint density at radius 2 is 1.00 bits per heavy atom. The molecule has 0 unspecified atom stereocenters. The molecule has 0 amide bonds. The van der Waals surface area contributed by atoms with Crippen LogP contribution in [0.3, 0.4) is 0 Å². The zero-order valence-electron chi connectivity index (χ0n) is 10.4. The fraction of sp³-hybridized carbons (Fsp3) is 1.00. The molecule has 0 aromatic carbocycles.